The van der Waals surface area contributed by atoms with Gasteiger partial charge in [-0.15, -0.1) is 0 Å². The average Bonchev–Trinajstić information content (AvgIpc) is 3.17. The molecule has 0 atom stereocenters. The molecule has 158 valence electrons. The van der Waals surface area contributed by atoms with Crippen LogP contribution in [0.5, 0.6) is 0 Å². The van der Waals surface area contributed by atoms with E-state index in [1.807, 2.05) is 62.3 Å². The number of carbonyl (C=O) groups is 1. The lowest BCUT2D eigenvalue weighted by molar-refractivity contribution is 0.0949. The Balaban J connectivity index is 2.02. The minimum atomic E-state index is -0.218. The van der Waals surface area contributed by atoms with Crippen molar-refractivity contribution in [3.05, 3.63) is 59.8 Å². The van der Waals surface area contributed by atoms with E-state index < -0.39 is 0 Å². The van der Waals surface area contributed by atoms with E-state index in [1.165, 1.54) is 5.56 Å². The first-order chi connectivity index (χ1) is 14.2. The molecule has 0 unspecified atom stereocenters. The van der Waals surface area contributed by atoms with Crippen molar-refractivity contribution in [2.24, 2.45) is 0 Å². The molecule has 1 N–H and O–H groups in total. The largest absolute Gasteiger partial charge is 0.435 e. The lowest BCUT2D eigenvalue weighted by atomic mass is 9.87. The highest BCUT2D eigenvalue weighted by atomic mass is 16.4. The molecule has 5 heteroatoms. The van der Waals surface area contributed by atoms with Gasteiger partial charge in [-0.05, 0) is 53.8 Å². The Labute approximate surface area is 179 Å². The predicted molar refractivity (Wildman–Crippen MR) is 123 cm³/mol. The summed E-state index contributed by atoms with van der Waals surface area (Å²) in [4.78, 5) is 19.4. The number of anilines is 1. The van der Waals surface area contributed by atoms with E-state index in [0.717, 1.165) is 23.2 Å². The van der Waals surface area contributed by atoms with Gasteiger partial charge in [0.25, 0.3) is 5.91 Å². The summed E-state index contributed by atoms with van der Waals surface area (Å²) in [6.07, 6.45) is 0.859. The number of nitrogens with one attached hydrogen (secondary N) is 1. The van der Waals surface area contributed by atoms with Gasteiger partial charge in [0.15, 0.2) is 11.5 Å². The summed E-state index contributed by atoms with van der Waals surface area (Å²) in [5.74, 6) is 0.720. The zero-order valence-electron chi connectivity index (χ0n) is 18.7. The molecule has 0 spiro atoms. The van der Waals surface area contributed by atoms with Gasteiger partial charge in [0.2, 0.25) is 5.89 Å². The van der Waals surface area contributed by atoms with Gasteiger partial charge in [0.1, 0.15) is 0 Å². The summed E-state index contributed by atoms with van der Waals surface area (Å²) in [5.41, 5.74) is 4.37. The van der Waals surface area contributed by atoms with Crippen LogP contribution >= 0.6 is 0 Å². The second kappa shape index (κ2) is 8.74. The molecule has 0 aliphatic carbocycles. The highest BCUT2D eigenvalue weighted by Crippen LogP contribution is 2.32. The third-order valence-electron chi connectivity index (χ3n) is 5.02. The predicted octanol–water partition coefficient (Wildman–Crippen LogP) is 5.51. The van der Waals surface area contributed by atoms with Crippen LogP contribution in [0.4, 0.5) is 5.69 Å². The second-order valence-corrected chi connectivity index (χ2v) is 8.72. The van der Waals surface area contributed by atoms with Crippen molar-refractivity contribution in [1.29, 1.82) is 0 Å². The Morgan fingerprint density at radius 2 is 1.60 bits per heavy atom. The van der Waals surface area contributed by atoms with Gasteiger partial charge in [0, 0.05) is 37.5 Å². The van der Waals surface area contributed by atoms with Crippen LogP contribution in [0.15, 0.2) is 52.9 Å². The number of carbonyl (C=O) groups excluding carboxylic acids is 1. The zero-order valence-corrected chi connectivity index (χ0v) is 18.7. The molecule has 5 nitrogen and oxygen atoms in total. The fourth-order valence-corrected chi connectivity index (χ4v) is 3.14. The summed E-state index contributed by atoms with van der Waals surface area (Å²) in [5, 5.41) is 2.91. The standard InChI is InChI=1S/C25H31N3O2/c1-7-16-26-23(29)21-22(17-10-14-20(15-11-17)28(5)6)30-24(27-21)18-8-12-19(13-9-18)25(2,3)4/h8-15H,7,16H2,1-6H3,(H,26,29). The molecular weight excluding hydrogens is 374 g/mol. The summed E-state index contributed by atoms with van der Waals surface area (Å²) in [7, 11) is 3.98. The van der Waals surface area contributed by atoms with Gasteiger partial charge in [-0.1, -0.05) is 39.8 Å². The zero-order chi connectivity index (χ0) is 21.9. The lowest BCUT2D eigenvalue weighted by Gasteiger charge is -2.18. The number of benzene rings is 2. The SMILES string of the molecule is CCCNC(=O)c1nc(-c2ccc(C(C)(C)C)cc2)oc1-c1ccc(N(C)C)cc1. The molecule has 1 heterocycles. The van der Waals surface area contributed by atoms with Crippen LogP contribution in [-0.2, 0) is 5.41 Å². The van der Waals surface area contributed by atoms with Crippen LogP contribution in [0.2, 0.25) is 0 Å². The van der Waals surface area contributed by atoms with Crippen LogP contribution in [-0.4, -0.2) is 31.5 Å². The maximum Gasteiger partial charge on any atom is 0.273 e. The minimum absolute atomic E-state index is 0.0691. The second-order valence-electron chi connectivity index (χ2n) is 8.72. The van der Waals surface area contributed by atoms with Crippen molar-refractivity contribution in [3.63, 3.8) is 0 Å². The monoisotopic (exact) mass is 405 g/mol. The van der Waals surface area contributed by atoms with Gasteiger partial charge >= 0.3 is 0 Å². The first-order valence-electron chi connectivity index (χ1n) is 10.4. The molecule has 0 radical (unpaired) electrons. The van der Waals surface area contributed by atoms with Gasteiger partial charge in [-0.2, -0.15) is 0 Å². The molecule has 0 aliphatic rings. The van der Waals surface area contributed by atoms with Crippen LogP contribution in [0.3, 0.4) is 0 Å². The fourth-order valence-electron chi connectivity index (χ4n) is 3.14. The van der Waals surface area contributed by atoms with Gasteiger partial charge in [0.05, 0.1) is 0 Å². The smallest absolute Gasteiger partial charge is 0.273 e. The molecule has 3 rings (SSSR count). The molecule has 30 heavy (non-hydrogen) atoms. The molecule has 0 fully saturated rings. The fraction of sp³-hybridized carbons (Fsp3) is 0.360. The van der Waals surface area contributed by atoms with Gasteiger partial charge in [-0.3, -0.25) is 4.79 Å². The first kappa shape index (κ1) is 21.6. The number of aromatic nitrogens is 1. The Morgan fingerprint density at radius 1 is 1.00 bits per heavy atom. The quantitative estimate of drug-likeness (QED) is 0.587. The van der Waals surface area contributed by atoms with Gasteiger partial charge < -0.3 is 14.6 Å². The van der Waals surface area contributed by atoms with E-state index >= 15 is 0 Å². The summed E-state index contributed by atoms with van der Waals surface area (Å²) < 4.78 is 6.13. The van der Waals surface area contributed by atoms with Crippen LogP contribution in [0, 0.1) is 0 Å². The maximum atomic E-state index is 12.8. The van der Waals surface area contributed by atoms with Crippen molar-refractivity contribution < 1.29 is 9.21 Å². The maximum absolute atomic E-state index is 12.8. The molecule has 2 aromatic carbocycles. The normalized spacial score (nSPS) is 11.4. The molecule has 1 aromatic heterocycles. The number of hydrogen-bond acceptors (Lipinski definition) is 4. The molecule has 3 aromatic rings. The van der Waals surface area contributed by atoms with Crippen LogP contribution < -0.4 is 10.2 Å². The summed E-state index contributed by atoms with van der Waals surface area (Å²) in [6.45, 7) is 9.16. The Morgan fingerprint density at radius 3 is 2.13 bits per heavy atom. The topological polar surface area (TPSA) is 58.4 Å². The number of rotatable bonds is 6. The van der Waals surface area contributed by atoms with Gasteiger partial charge in [-0.25, -0.2) is 4.98 Å². The van der Waals surface area contributed by atoms with E-state index in [9.17, 15) is 4.79 Å². The molecule has 0 aliphatic heterocycles. The van der Waals surface area contributed by atoms with Crippen molar-refractivity contribution in [2.75, 3.05) is 25.5 Å². The highest BCUT2D eigenvalue weighted by molar-refractivity contribution is 5.98. The molecule has 0 bridgehead atoms. The van der Waals surface area contributed by atoms with E-state index in [0.29, 0.717) is 23.9 Å². The van der Waals surface area contributed by atoms with E-state index in [1.54, 1.807) is 0 Å². The van der Waals surface area contributed by atoms with Crippen molar-refractivity contribution in [1.82, 2.24) is 10.3 Å². The third kappa shape index (κ3) is 4.73. The number of oxazole rings is 1. The number of nitrogens with zero attached hydrogens (tertiary/aromatic N) is 2. The van der Waals surface area contributed by atoms with E-state index in [2.05, 4.69) is 43.2 Å². The molecule has 0 saturated heterocycles. The number of amides is 1. The Kier molecular flexibility index (Phi) is 6.30. The Bertz CT molecular complexity index is 994. The van der Waals surface area contributed by atoms with Crippen molar-refractivity contribution >= 4 is 11.6 Å². The number of hydrogen-bond donors (Lipinski definition) is 1. The molecule has 1 amide bonds. The lowest BCUT2D eigenvalue weighted by Crippen LogP contribution is -2.24. The van der Waals surface area contributed by atoms with E-state index in [4.69, 9.17) is 4.42 Å². The van der Waals surface area contributed by atoms with Crippen molar-refractivity contribution in [2.45, 2.75) is 39.5 Å². The van der Waals surface area contributed by atoms with E-state index in [-0.39, 0.29) is 11.3 Å². The average molecular weight is 406 g/mol. The third-order valence-corrected chi connectivity index (χ3v) is 5.02. The van der Waals surface area contributed by atoms with Crippen molar-refractivity contribution in [3.8, 4) is 22.8 Å². The van der Waals surface area contributed by atoms with Crippen LogP contribution in [0.1, 0.15) is 50.2 Å². The molecular formula is C25H31N3O2. The Hall–Kier alpha value is -3.08. The summed E-state index contributed by atoms with van der Waals surface area (Å²) >= 11 is 0. The summed E-state index contributed by atoms with van der Waals surface area (Å²) in [6, 6.07) is 16.1. The highest BCUT2D eigenvalue weighted by Gasteiger charge is 2.22. The molecule has 0 saturated carbocycles. The van der Waals surface area contributed by atoms with Crippen LogP contribution in [0.25, 0.3) is 22.8 Å². The minimum Gasteiger partial charge on any atom is -0.435 e. The first-order valence-corrected chi connectivity index (χ1v) is 10.4.